The Balaban J connectivity index is 2.72. The van der Waals surface area contributed by atoms with Crippen LogP contribution < -0.4 is 10.5 Å². The number of nitrogens with zero attached hydrogens (tertiary/aromatic N) is 1. The van der Waals surface area contributed by atoms with Crippen LogP contribution in [0, 0.1) is 5.41 Å². The Morgan fingerprint density at radius 3 is 2.53 bits per heavy atom. The first-order valence-electron chi connectivity index (χ1n) is 6.96. The fourth-order valence-corrected chi connectivity index (χ4v) is 2.37. The lowest BCUT2D eigenvalue weighted by molar-refractivity contribution is 0.210. The Labute approximate surface area is 117 Å². The van der Waals surface area contributed by atoms with Crippen LogP contribution in [0.5, 0.6) is 5.75 Å². The second kappa shape index (κ2) is 6.92. The number of benzene rings is 1. The van der Waals surface area contributed by atoms with Gasteiger partial charge in [-0.25, -0.2) is 0 Å². The first kappa shape index (κ1) is 16.0. The van der Waals surface area contributed by atoms with Crippen LogP contribution in [0.4, 0.5) is 0 Å². The largest absolute Gasteiger partial charge is 0.496 e. The fraction of sp³-hybridized carbons (Fsp3) is 0.625. The van der Waals surface area contributed by atoms with Gasteiger partial charge in [0.25, 0.3) is 0 Å². The third-order valence-corrected chi connectivity index (χ3v) is 3.43. The van der Waals surface area contributed by atoms with E-state index in [9.17, 15) is 0 Å². The highest BCUT2D eigenvalue weighted by molar-refractivity contribution is 5.37. The summed E-state index contributed by atoms with van der Waals surface area (Å²) in [5, 5.41) is 0. The van der Waals surface area contributed by atoms with Gasteiger partial charge < -0.3 is 15.4 Å². The van der Waals surface area contributed by atoms with Crippen LogP contribution >= 0.6 is 0 Å². The molecule has 1 aromatic carbocycles. The Kier molecular flexibility index (Phi) is 5.83. The summed E-state index contributed by atoms with van der Waals surface area (Å²) >= 11 is 0. The Hall–Kier alpha value is -1.06. The van der Waals surface area contributed by atoms with Crippen LogP contribution in [0.15, 0.2) is 18.2 Å². The van der Waals surface area contributed by atoms with E-state index in [1.165, 1.54) is 11.1 Å². The van der Waals surface area contributed by atoms with E-state index in [0.29, 0.717) is 6.54 Å². The zero-order chi connectivity index (χ0) is 14.5. The van der Waals surface area contributed by atoms with Crippen LogP contribution in [-0.4, -0.2) is 32.1 Å². The molecule has 0 heterocycles. The lowest BCUT2D eigenvalue weighted by Crippen LogP contribution is -2.36. The fourth-order valence-electron chi connectivity index (χ4n) is 2.37. The number of hydrogen-bond acceptors (Lipinski definition) is 3. The molecule has 0 aliphatic heterocycles. The third-order valence-electron chi connectivity index (χ3n) is 3.43. The minimum atomic E-state index is 0.162. The predicted molar refractivity (Wildman–Crippen MR) is 81.5 cm³/mol. The molecule has 0 aliphatic carbocycles. The van der Waals surface area contributed by atoms with Crippen molar-refractivity contribution in [3.63, 3.8) is 0 Å². The molecule has 0 saturated carbocycles. The molecule has 2 N–H and O–H groups in total. The lowest BCUT2D eigenvalue weighted by atomic mass is 9.93. The van der Waals surface area contributed by atoms with Crippen molar-refractivity contribution in [1.82, 2.24) is 4.90 Å². The number of ether oxygens (including phenoxy) is 1. The third kappa shape index (κ3) is 4.84. The van der Waals surface area contributed by atoms with E-state index in [2.05, 4.69) is 50.9 Å². The molecule has 0 saturated heterocycles. The molecule has 0 unspecified atom stereocenters. The topological polar surface area (TPSA) is 38.5 Å². The summed E-state index contributed by atoms with van der Waals surface area (Å²) in [6, 6.07) is 6.45. The number of nitrogens with two attached hydrogens (primary N) is 1. The smallest absolute Gasteiger partial charge is 0.122 e. The molecule has 0 atom stereocenters. The van der Waals surface area contributed by atoms with Gasteiger partial charge in [-0.1, -0.05) is 32.9 Å². The molecule has 0 aliphatic rings. The summed E-state index contributed by atoms with van der Waals surface area (Å²) in [4.78, 5) is 2.33. The predicted octanol–water partition coefficient (Wildman–Crippen LogP) is 2.67. The second-order valence-electron chi connectivity index (χ2n) is 6.04. The summed E-state index contributed by atoms with van der Waals surface area (Å²) in [7, 11) is 3.87. The van der Waals surface area contributed by atoms with Gasteiger partial charge in [-0.05, 0) is 42.6 Å². The van der Waals surface area contributed by atoms with Gasteiger partial charge in [0.1, 0.15) is 5.75 Å². The maximum absolute atomic E-state index is 5.79. The Morgan fingerprint density at radius 1 is 1.32 bits per heavy atom. The van der Waals surface area contributed by atoms with Crippen LogP contribution in [-0.2, 0) is 13.0 Å². The van der Waals surface area contributed by atoms with Crippen molar-refractivity contribution in [1.29, 1.82) is 0 Å². The zero-order valence-electron chi connectivity index (χ0n) is 13.0. The minimum Gasteiger partial charge on any atom is -0.496 e. The quantitative estimate of drug-likeness (QED) is 0.823. The van der Waals surface area contributed by atoms with E-state index >= 15 is 0 Å². The molecule has 0 amide bonds. The highest BCUT2D eigenvalue weighted by Gasteiger charge is 2.18. The molecule has 1 rings (SSSR count). The van der Waals surface area contributed by atoms with Crippen molar-refractivity contribution >= 4 is 0 Å². The SMILES string of the molecule is CCc1cc(CN(C)CC(C)(C)CN)ccc1OC. The number of rotatable bonds is 7. The van der Waals surface area contributed by atoms with Crippen molar-refractivity contribution in [3.05, 3.63) is 29.3 Å². The summed E-state index contributed by atoms with van der Waals surface area (Å²) in [5.41, 5.74) is 8.55. The maximum Gasteiger partial charge on any atom is 0.122 e. The van der Waals surface area contributed by atoms with E-state index in [4.69, 9.17) is 10.5 Å². The molecular weight excluding hydrogens is 236 g/mol. The van der Waals surface area contributed by atoms with Crippen LogP contribution in [0.3, 0.4) is 0 Å². The highest BCUT2D eigenvalue weighted by atomic mass is 16.5. The standard InChI is InChI=1S/C16H28N2O/c1-6-14-9-13(7-8-15(14)19-5)10-18(4)12-16(2,3)11-17/h7-9H,6,10-12,17H2,1-5H3. The van der Waals surface area contributed by atoms with Gasteiger partial charge in [-0.2, -0.15) is 0 Å². The average molecular weight is 264 g/mol. The molecule has 0 spiro atoms. The molecular formula is C16H28N2O. The number of methoxy groups -OCH3 is 1. The Bertz CT molecular complexity index is 402. The molecule has 0 aromatic heterocycles. The van der Waals surface area contributed by atoms with E-state index < -0.39 is 0 Å². The summed E-state index contributed by atoms with van der Waals surface area (Å²) in [5.74, 6) is 0.983. The van der Waals surface area contributed by atoms with Crippen molar-refractivity contribution in [3.8, 4) is 5.75 Å². The van der Waals surface area contributed by atoms with Gasteiger partial charge in [0.2, 0.25) is 0 Å². The van der Waals surface area contributed by atoms with E-state index in [1.807, 2.05) is 0 Å². The van der Waals surface area contributed by atoms with Gasteiger partial charge in [-0.3, -0.25) is 0 Å². The summed E-state index contributed by atoms with van der Waals surface area (Å²) in [6.07, 6.45) is 0.995. The maximum atomic E-state index is 5.79. The normalized spacial score (nSPS) is 11.9. The molecule has 19 heavy (non-hydrogen) atoms. The van der Waals surface area contributed by atoms with Crippen molar-refractivity contribution in [2.24, 2.45) is 11.1 Å². The monoisotopic (exact) mass is 264 g/mol. The first-order chi connectivity index (χ1) is 8.91. The molecule has 1 aromatic rings. The van der Waals surface area contributed by atoms with Gasteiger partial charge in [0.15, 0.2) is 0 Å². The van der Waals surface area contributed by atoms with Gasteiger partial charge in [0, 0.05) is 13.1 Å². The molecule has 0 radical (unpaired) electrons. The zero-order valence-corrected chi connectivity index (χ0v) is 13.0. The Morgan fingerprint density at radius 2 is 2.00 bits per heavy atom. The molecule has 3 nitrogen and oxygen atoms in total. The number of aryl methyl sites for hydroxylation is 1. The van der Waals surface area contributed by atoms with E-state index in [1.54, 1.807) is 7.11 Å². The summed E-state index contributed by atoms with van der Waals surface area (Å²) in [6.45, 7) is 9.21. The second-order valence-corrected chi connectivity index (χ2v) is 6.04. The molecule has 3 heteroatoms. The first-order valence-corrected chi connectivity index (χ1v) is 6.96. The van der Waals surface area contributed by atoms with E-state index in [-0.39, 0.29) is 5.41 Å². The van der Waals surface area contributed by atoms with Crippen molar-refractivity contribution in [2.45, 2.75) is 33.7 Å². The summed E-state index contributed by atoms with van der Waals surface area (Å²) < 4.78 is 5.36. The van der Waals surface area contributed by atoms with Gasteiger partial charge in [0.05, 0.1) is 7.11 Å². The van der Waals surface area contributed by atoms with Gasteiger partial charge in [-0.15, -0.1) is 0 Å². The van der Waals surface area contributed by atoms with Crippen LogP contribution in [0.1, 0.15) is 31.9 Å². The van der Waals surface area contributed by atoms with Crippen molar-refractivity contribution < 1.29 is 4.74 Å². The number of hydrogen-bond donors (Lipinski definition) is 1. The van der Waals surface area contributed by atoms with Crippen molar-refractivity contribution in [2.75, 3.05) is 27.2 Å². The highest BCUT2D eigenvalue weighted by Crippen LogP contribution is 2.22. The average Bonchev–Trinajstić information content (AvgIpc) is 2.37. The lowest BCUT2D eigenvalue weighted by Gasteiger charge is -2.29. The minimum absolute atomic E-state index is 0.162. The van der Waals surface area contributed by atoms with Gasteiger partial charge >= 0.3 is 0 Å². The van der Waals surface area contributed by atoms with E-state index in [0.717, 1.165) is 25.3 Å². The molecule has 0 fully saturated rings. The van der Waals surface area contributed by atoms with Crippen LogP contribution in [0.2, 0.25) is 0 Å². The molecule has 0 bridgehead atoms. The molecule has 108 valence electrons. The van der Waals surface area contributed by atoms with Crippen LogP contribution in [0.25, 0.3) is 0 Å².